The fourth-order valence-electron chi connectivity index (χ4n) is 3.51. The van der Waals surface area contributed by atoms with Gasteiger partial charge in [-0.25, -0.2) is 0 Å². The third-order valence-electron chi connectivity index (χ3n) is 5.30. The van der Waals surface area contributed by atoms with E-state index in [4.69, 9.17) is 5.11 Å². The maximum absolute atomic E-state index is 12.8. The summed E-state index contributed by atoms with van der Waals surface area (Å²) in [6.45, 7) is 0. The van der Waals surface area contributed by atoms with Gasteiger partial charge in [-0.3, -0.25) is 14.6 Å². The van der Waals surface area contributed by atoms with Crippen LogP contribution in [0.1, 0.15) is 42.4 Å². The Kier molecular flexibility index (Phi) is 8.32. The molecule has 0 aliphatic heterocycles. The van der Waals surface area contributed by atoms with Gasteiger partial charge in [-0.1, -0.05) is 54.6 Å². The van der Waals surface area contributed by atoms with Crippen LogP contribution in [0.4, 0.5) is 5.69 Å². The average Bonchev–Trinajstić information content (AvgIpc) is 2.83. The lowest BCUT2D eigenvalue weighted by Gasteiger charge is -2.19. The lowest BCUT2D eigenvalue weighted by Crippen LogP contribution is -2.26. The number of hydrogen-bond donors (Lipinski definition) is 1. The number of pyridine rings is 1. The Bertz CT molecular complexity index is 1060. The minimum atomic E-state index is -0.793. The number of carbonyl (C=O) groups excluding carboxylic acids is 1. The lowest BCUT2D eigenvalue weighted by molar-refractivity contribution is -0.137. The summed E-state index contributed by atoms with van der Waals surface area (Å²) in [6, 6.07) is 21.7. The van der Waals surface area contributed by atoms with Crippen LogP contribution in [0.3, 0.4) is 0 Å². The molecule has 1 heterocycles. The van der Waals surface area contributed by atoms with Crippen molar-refractivity contribution in [1.82, 2.24) is 4.98 Å². The molecule has 1 aromatic heterocycles. The minimum absolute atomic E-state index is 0.0550. The summed E-state index contributed by atoms with van der Waals surface area (Å²) in [7, 11) is 1.80. The van der Waals surface area contributed by atoms with Gasteiger partial charge in [0.2, 0.25) is 5.91 Å². The van der Waals surface area contributed by atoms with E-state index in [-0.39, 0.29) is 12.3 Å². The zero-order chi connectivity index (χ0) is 22.8. The van der Waals surface area contributed by atoms with E-state index in [1.165, 1.54) is 0 Å². The number of aryl methyl sites for hydroxylation is 1. The molecule has 0 aliphatic carbocycles. The van der Waals surface area contributed by atoms with Crippen LogP contribution in [0.25, 0.3) is 5.57 Å². The monoisotopic (exact) mass is 428 g/mol. The number of unbranched alkanes of at least 4 members (excludes halogenated alkanes) is 1. The van der Waals surface area contributed by atoms with Crippen molar-refractivity contribution in [2.24, 2.45) is 0 Å². The summed E-state index contributed by atoms with van der Waals surface area (Å²) in [5.41, 5.74) is 4.87. The van der Waals surface area contributed by atoms with Gasteiger partial charge in [0.05, 0.1) is 0 Å². The second-order valence-electron chi connectivity index (χ2n) is 7.63. The van der Waals surface area contributed by atoms with Crippen LogP contribution in [0.2, 0.25) is 0 Å². The summed E-state index contributed by atoms with van der Waals surface area (Å²) < 4.78 is 0. The SMILES string of the molecule is CN(C(=O)CCc1ccccc1)c1cccc(C(=CCCCC(=O)O)c2cccnc2)c1. The number of nitrogens with zero attached hydrogens (tertiary/aromatic N) is 2. The van der Waals surface area contributed by atoms with Crippen LogP contribution in [-0.4, -0.2) is 29.0 Å². The van der Waals surface area contributed by atoms with Gasteiger partial charge < -0.3 is 10.0 Å². The standard InChI is InChI=1S/C27H28N2O3/c1-29(26(30)17-16-21-9-3-2-4-10-21)24-13-7-11-22(19-24)25(14-5-6-15-27(31)32)23-12-8-18-28-20-23/h2-4,7-14,18-20H,5-6,15-17H2,1H3,(H,31,32). The third-order valence-corrected chi connectivity index (χ3v) is 5.30. The number of carboxylic acids is 1. The van der Waals surface area contributed by atoms with Crippen LogP contribution in [0, 0.1) is 0 Å². The number of carbonyl (C=O) groups is 2. The van der Waals surface area contributed by atoms with Crippen molar-refractivity contribution < 1.29 is 14.7 Å². The number of hydrogen-bond acceptors (Lipinski definition) is 3. The first-order valence-corrected chi connectivity index (χ1v) is 10.8. The van der Waals surface area contributed by atoms with Crippen LogP contribution < -0.4 is 4.90 Å². The fourth-order valence-corrected chi connectivity index (χ4v) is 3.51. The molecule has 0 radical (unpaired) electrons. The summed E-state index contributed by atoms with van der Waals surface area (Å²) >= 11 is 0. The normalized spacial score (nSPS) is 11.2. The zero-order valence-corrected chi connectivity index (χ0v) is 18.3. The highest BCUT2D eigenvalue weighted by Gasteiger charge is 2.13. The number of aromatic nitrogens is 1. The Morgan fingerprint density at radius 3 is 2.47 bits per heavy atom. The van der Waals surface area contributed by atoms with Crippen LogP contribution in [-0.2, 0) is 16.0 Å². The molecule has 0 saturated carbocycles. The van der Waals surface area contributed by atoms with E-state index in [0.29, 0.717) is 25.7 Å². The first-order chi connectivity index (χ1) is 15.5. The zero-order valence-electron chi connectivity index (χ0n) is 18.3. The molecule has 164 valence electrons. The quantitative estimate of drug-likeness (QED) is 0.441. The van der Waals surface area contributed by atoms with Crippen molar-refractivity contribution in [3.05, 3.63) is 102 Å². The highest BCUT2D eigenvalue weighted by Crippen LogP contribution is 2.27. The number of aliphatic carboxylic acids is 1. The smallest absolute Gasteiger partial charge is 0.303 e. The van der Waals surface area contributed by atoms with Gasteiger partial charge in [0.1, 0.15) is 0 Å². The minimum Gasteiger partial charge on any atom is -0.481 e. The Labute approximate surface area is 189 Å². The number of amides is 1. The van der Waals surface area contributed by atoms with Gasteiger partial charge in [-0.05, 0) is 54.2 Å². The van der Waals surface area contributed by atoms with Gasteiger partial charge in [0.25, 0.3) is 0 Å². The highest BCUT2D eigenvalue weighted by molar-refractivity contribution is 5.94. The second-order valence-corrected chi connectivity index (χ2v) is 7.63. The molecule has 1 N–H and O–H groups in total. The first kappa shape index (κ1) is 22.9. The van der Waals surface area contributed by atoms with Gasteiger partial charge in [0.15, 0.2) is 0 Å². The average molecular weight is 429 g/mol. The Morgan fingerprint density at radius 2 is 1.75 bits per heavy atom. The molecule has 5 nitrogen and oxygen atoms in total. The van der Waals surface area contributed by atoms with Gasteiger partial charge >= 0.3 is 5.97 Å². The van der Waals surface area contributed by atoms with Crippen molar-refractivity contribution in [3.8, 4) is 0 Å². The Morgan fingerprint density at radius 1 is 0.969 bits per heavy atom. The van der Waals surface area contributed by atoms with Crippen LogP contribution in [0.15, 0.2) is 85.2 Å². The molecule has 0 unspecified atom stereocenters. The van der Waals surface area contributed by atoms with Crippen molar-refractivity contribution >= 4 is 23.1 Å². The fraction of sp³-hybridized carbons (Fsp3) is 0.222. The van der Waals surface area contributed by atoms with E-state index < -0.39 is 5.97 Å². The van der Waals surface area contributed by atoms with E-state index >= 15 is 0 Å². The maximum Gasteiger partial charge on any atom is 0.303 e. The largest absolute Gasteiger partial charge is 0.481 e. The van der Waals surface area contributed by atoms with E-state index in [2.05, 4.69) is 11.1 Å². The Balaban J connectivity index is 1.78. The summed E-state index contributed by atoms with van der Waals surface area (Å²) in [5.74, 6) is -0.738. The molecule has 1 amide bonds. The molecule has 3 aromatic rings. The number of carboxylic acid groups (broad SMARTS) is 1. The molecular weight excluding hydrogens is 400 g/mol. The van der Waals surface area contributed by atoms with Crippen LogP contribution in [0.5, 0.6) is 0 Å². The van der Waals surface area contributed by atoms with Crippen molar-refractivity contribution in [2.75, 3.05) is 11.9 Å². The number of allylic oxidation sites excluding steroid dienone is 1. The highest BCUT2D eigenvalue weighted by atomic mass is 16.4. The predicted octanol–water partition coefficient (Wildman–Crippen LogP) is 5.36. The van der Waals surface area contributed by atoms with E-state index in [1.54, 1.807) is 24.3 Å². The number of rotatable bonds is 10. The molecule has 0 aliphatic rings. The lowest BCUT2D eigenvalue weighted by atomic mass is 9.97. The maximum atomic E-state index is 12.8. The molecular formula is C27H28N2O3. The number of benzene rings is 2. The van der Waals surface area contributed by atoms with Crippen molar-refractivity contribution in [2.45, 2.75) is 32.1 Å². The van der Waals surface area contributed by atoms with Gasteiger partial charge in [-0.15, -0.1) is 0 Å². The predicted molar refractivity (Wildman–Crippen MR) is 127 cm³/mol. The van der Waals surface area contributed by atoms with E-state index in [9.17, 15) is 9.59 Å². The Hall–Kier alpha value is -3.73. The molecule has 5 heteroatoms. The van der Waals surface area contributed by atoms with Crippen LogP contribution >= 0.6 is 0 Å². The topological polar surface area (TPSA) is 70.5 Å². The molecule has 0 spiro atoms. The van der Waals surface area contributed by atoms with Gasteiger partial charge in [-0.2, -0.15) is 0 Å². The first-order valence-electron chi connectivity index (χ1n) is 10.8. The molecule has 0 fully saturated rings. The molecule has 2 aromatic carbocycles. The molecule has 32 heavy (non-hydrogen) atoms. The van der Waals surface area contributed by atoms with Crippen molar-refractivity contribution in [3.63, 3.8) is 0 Å². The second kappa shape index (κ2) is 11.6. The summed E-state index contributed by atoms with van der Waals surface area (Å²) in [6.07, 6.45) is 8.06. The van der Waals surface area contributed by atoms with E-state index in [0.717, 1.165) is 28.0 Å². The number of anilines is 1. The molecule has 0 saturated heterocycles. The van der Waals surface area contributed by atoms with Gasteiger partial charge in [0, 0.05) is 43.5 Å². The summed E-state index contributed by atoms with van der Waals surface area (Å²) in [4.78, 5) is 29.6. The molecule has 0 bridgehead atoms. The third kappa shape index (κ3) is 6.64. The molecule has 0 atom stereocenters. The molecule has 3 rings (SSSR count). The van der Waals surface area contributed by atoms with Crippen molar-refractivity contribution in [1.29, 1.82) is 0 Å². The summed E-state index contributed by atoms with van der Waals surface area (Å²) in [5, 5.41) is 8.91. The van der Waals surface area contributed by atoms with E-state index in [1.807, 2.05) is 66.7 Å².